The van der Waals surface area contributed by atoms with Gasteiger partial charge in [0.05, 0.1) is 5.03 Å². The van der Waals surface area contributed by atoms with Gasteiger partial charge in [0.1, 0.15) is 0 Å². The van der Waals surface area contributed by atoms with Crippen LogP contribution in [0.3, 0.4) is 0 Å². The number of dihydropyridines is 1. The van der Waals surface area contributed by atoms with E-state index in [1.165, 1.54) is 0 Å². The van der Waals surface area contributed by atoms with Gasteiger partial charge in [0.2, 0.25) is 0 Å². The third-order valence-corrected chi connectivity index (χ3v) is 1.45. The van der Waals surface area contributed by atoms with Crippen molar-refractivity contribution in [2.45, 2.75) is 6.92 Å². The maximum atomic E-state index is 5.72. The van der Waals surface area contributed by atoms with Crippen molar-refractivity contribution in [3.63, 3.8) is 0 Å². The van der Waals surface area contributed by atoms with Gasteiger partial charge in [0.25, 0.3) is 0 Å². The van der Waals surface area contributed by atoms with Crippen LogP contribution >= 0.6 is 11.6 Å². The normalized spacial score (nSPS) is 18.2. The Kier molecular flexibility index (Phi) is 1.63. The summed E-state index contributed by atoms with van der Waals surface area (Å²) in [5, 5.41) is 3.61. The molecule has 0 aliphatic carbocycles. The summed E-state index contributed by atoms with van der Waals surface area (Å²) >= 11 is 5.72. The Balaban J connectivity index is 2.87. The molecule has 0 amide bonds. The largest absolute Gasteiger partial charge is 0.361 e. The van der Waals surface area contributed by atoms with E-state index in [0.717, 1.165) is 11.3 Å². The molecule has 0 bridgehead atoms. The van der Waals surface area contributed by atoms with Gasteiger partial charge >= 0.3 is 0 Å². The Bertz CT molecular complexity index is 201. The van der Waals surface area contributed by atoms with Crippen LogP contribution in [0, 0.1) is 0 Å². The van der Waals surface area contributed by atoms with E-state index in [4.69, 9.17) is 11.6 Å². The standard InChI is InChI=1S/C7H8ClN/c1-5-3-7(8)6(2)9-4-5/h3-4,9H,2H2,1H3. The van der Waals surface area contributed by atoms with E-state index >= 15 is 0 Å². The number of hydrogen-bond acceptors (Lipinski definition) is 1. The highest BCUT2D eigenvalue weighted by Crippen LogP contribution is 2.16. The first-order chi connectivity index (χ1) is 4.20. The van der Waals surface area contributed by atoms with Gasteiger partial charge < -0.3 is 5.32 Å². The molecule has 1 nitrogen and oxygen atoms in total. The minimum atomic E-state index is 0.690. The highest BCUT2D eigenvalue weighted by Gasteiger charge is 2.01. The van der Waals surface area contributed by atoms with Gasteiger partial charge in [-0.2, -0.15) is 0 Å². The van der Waals surface area contributed by atoms with Crippen molar-refractivity contribution in [2.24, 2.45) is 0 Å². The highest BCUT2D eigenvalue weighted by molar-refractivity contribution is 6.32. The maximum absolute atomic E-state index is 5.72. The van der Waals surface area contributed by atoms with E-state index in [2.05, 4.69) is 11.9 Å². The first kappa shape index (κ1) is 6.43. The summed E-state index contributed by atoms with van der Waals surface area (Å²) in [5.74, 6) is 0. The molecule has 1 heterocycles. The van der Waals surface area contributed by atoms with Gasteiger partial charge in [-0.15, -0.1) is 0 Å². The van der Waals surface area contributed by atoms with Crippen molar-refractivity contribution in [1.82, 2.24) is 5.32 Å². The second-order valence-corrected chi connectivity index (χ2v) is 2.41. The van der Waals surface area contributed by atoms with E-state index in [0.29, 0.717) is 5.03 Å². The molecule has 0 atom stereocenters. The zero-order chi connectivity index (χ0) is 6.85. The van der Waals surface area contributed by atoms with Crippen LogP contribution < -0.4 is 5.32 Å². The third-order valence-electron chi connectivity index (χ3n) is 1.12. The average Bonchev–Trinajstić information content (AvgIpc) is 1.80. The van der Waals surface area contributed by atoms with Crippen LogP contribution in [0.1, 0.15) is 6.92 Å². The fourth-order valence-electron chi connectivity index (χ4n) is 0.599. The van der Waals surface area contributed by atoms with Gasteiger partial charge in [0, 0.05) is 11.9 Å². The number of halogens is 1. The molecule has 0 fully saturated rings. The molecule has 0 unspecified atom stereocenters. The van der Waals surface area contributed by atoms with Crippen LogP contribution in [0.15, 0.2) is 35.2 Å². The summed E-state index contributed by atoms with van der Waals surface area (Å²) in [6.45, 7) is 5.65. The SMILES string of the molecule is C=C1NC=C(C)C=C1Cl. The molecule has 0 aromatic rings. The smallest absolute Gasteiger partial charge is 0.0637 e. The molecule has 9 heavy (non-hydrogen) atoms. The third kappa shape index (κ3) is 1.36. The first-order valence-electron chi connectivity index (χ1n) is 2.70. The molecule has 1 N–H and O–H groups in total. The zero-order valence-corrected chi connectivity index (χ0v) is 6.00. The molecule has 0 aromatic carbocycles. The molecule has 1 aliphatic rings. The van der Waals surface area contributed by atoms with E-state index in [9.17, 15) is 0 Å². The monoisotopic (exact) mass is 141 g/mol. The first-order valence-corrected chi connectivity index (χ1v) is 3.08. The van der Waals surface area contributed by atoms with Crippen LogP contribution in [0.25, 0.3) is 0 Å². The van der Waals surface area contributed by atoms with Crippen molar-refractivity contribution in [2.75, 3.05) is 0 Å². The molecule has 0 radical (unpaired) electrons. The second kappa shape index (κ2) is 2.28. The quantitative estimate of drug-likeness (QED) is 0.545. The Hall–Kier alpha value is -0.690. The summed E-state index contributed by atoms with van der Waals surface area (Å²) in [6, 6.07) is 0. The minimum Gasteiger partial charge on any atom is -0.361 e. The number of allylic oxidation sites excluding steroid dienone is 3. The Morgan fingerprint density at radius 3 is 2.78 bits per heavy atom. The van der Waals surface area contributed by atoms with Crippen molar-refractivity contribution in [1.29, 1.82) is 0 Å². The second-order valence-electron chi connectivity index (χ2n) is 2.00. The fourth-order valence-corrected chi connectivity index (χ4v) is 0.825. The van der Waals surface area contributed by atoms with Gasteiger partial charge in [-0.25, -0.2) is 0 Å². The Labute approximate surface area is 59.7 Å². The molecule has 0 saturated heterocycles. The van der Waals surface area contributed by atoms with Crippen LogP contribution in [0.5, 0.6) is 0 Å². The molecule has 0 saturated carbocycles. The van der Waals surface area contributed by atoms with Crippen molar-refractivity contribution in [3.8, 4) is 0 Å². The Morgan fingerprint density at radius 1 is 1.67 bits per heavy atom. The lowest BCUT2D eigenvalue weighted by Gasteiger charge is -2.09. The van der Waals surface area contributed by atoms with Gasteiger partial charge in [0.15, 0.2) is 0 Å². The predicted octanol–water partition coefficient (Wildman–Crippen LogP) is 2.13. The van der Waals surface area contributed by atoms with Crippen molar-refractivity contribution in [3.05, 3.63) is 35.2 Å². The van der Waals surface area contributed by atoms with Gasteiger partial charge in [-0.3, -0.25) is 0 Å². The lowest BCUT2D eigenvalue weighted by atomic mass is 10.2. The van der Waals surface area contributed by atoms with Crippen molar-refractivity contribution >= 4 is 11.6 Å². The average molecular weight is 142 g/mol. The van der Waals surface area contributed by atoms with Crippen molar-refractivity contribution < 1.29 is 0 Å². The van der Waals surface area contributed by atoms with Crippen LogP contribution in [-0.2, 0) is 0 Å². The number of rotatable bonds is 0. The molecular weight excluding hydrogens is 134 g/mol. The zero-order valence-electron chi connectivity index (χ0n) is 5.24. The highest BCUT2D eigenvalue weighted by atomic mass is 35.5. The molecular formula is C7H8ClN. The molecule has 0 aromatic heterocycles. The fraction of sp³-hybridized carbons (Fsp3) is 0.143. The number of nitrogens with one attached hydrogen (secondary N) is 1. The predicted molar refractivity (Wildman–Crippen MR) is 40.0 cm³/mol. The molecule has 1 rings (SSSR count). The van der Waals surface area contributed by atoms with Gasteiger partial charge in [-0.05, 0) is 18.6 Å². The van der Waals surface area contributed by atoms with E-state index < -0.39 is 0 Å². The molecule has 2 heteroatoms. The minimum absolute atomic E-state index is 0.690. The molecule has 48 valence electrons. The van der Waals surface area contributed by atoms with E-state index in [1.54, 1.807) is 0 Å². The van der Waals surface area contributed by atoms with E-state index in [1.807, 2.05) is 19.2 Å². The van der Waals surface area contributed by atoms with Crippen LogP contribution in [-0.4, -0.2) is 0 Å². The Morgan fingerprint density at radius 2 is 2.33 bits per heavy atom. The summed E-state index contributed by atoms with van der Waals surface area (Å²) in [4.78, 5) is 0. The summed E-state index contributed by atoms with van der Waals surface area (Å²) in [5.41, 5.74) is 1.88. The lowest BCUT2D eigenvalue weighted by Crippen LogP contribution is -2.07. The summed E-state index contributed by atoms with van der Waals surface area (Å²) in [6.07, 6.45) is 3.74. The van der Waals surface area contributed by atoms with Gasteiger partial charge in [-0.1, -0.05) is 18.2 Å². The van der Waals surface area contributed by atoms with Crippen LogP contribution in [0.2, 0.25) is 0 Å². The summed E-state index contributed by atoms with van der Waals surface area (Å²) in [7, 11) is 0. The summed E-state index contributed by atoms with van der Waals surface area (Å²) < 4.78 is 0. The molecule has 0 spiro atoms. The lowest BCUT2D eigenvalue weighted by molar-refractivity contribution is 1.07. The topological polar surface area (TPSA) is 12.0 Å². The van der Waals surface area contributed by atoms with Crippen LogP contribution in [0.4, 0.5) is 0 Å². The van der Waals surface area contributed by atoms with E-state index in [-0.39, 0.29) is 0 Å². The maximum Gasteiger partial charge on any atom is 0.0637 e. The molecule has 1 aliphatic heterocycles. The number of hydrogen-bond donors (Lipinski definition) is 1.